The number of unbranched alkanes of at least 4 members (excludes halogenated alkanes) is 3. The van der Waals surface area contributed by atoms with Crippen LogP contribution >= 0.6 is 0 Å². The zero-order chi connectivity index (χ0) is 14.1. The molecule has 2 atom stereocenters. The summed E-state index contributed by atoms with van der Waals surface area (Å²) < 4.78 is 5.87. The van der Waals surface area contributed by atoms with Crippen LogP contribution in [0.1, 0.15) is 63.1 Å². The van der Waals surface area contributed by atoms with Gasteiger partial charge in [0, 0.05) is 0 Å². The van der Waals surface area contributed by atoms with Gasteiger partial charge in [0.05, 0.1) is 18.8 Å². The molecule has 0 aliphatic rings. The van der Waals surface area contributed by atoms with Gasteiger partial charge >= 0.3 is 0 Å². The Kier molecular flexibility index (Phi) is 7.76. The SMILES string of the molecule is CCCCCCC(C)OCC(N)c1ccccc1C. The number of rotatable bonds is 9. The lowest BCUT2D eigenvalue weighted by Gasteiger charge is -2.18. The highest BCUT2D eigenvalue weighted by molar-refractivity contribution is 5.28. The van der Waals surface area contributed by atoms with Crippen LogP contribution in [0.4, 0.5) is 0 Å². The third-order valence-corrected chi connectivity index (χ3v) is 3.61. The van der Waals surface area contributed by atoms with E-state index in [0.717, 1.165) is 6.42 Å². The predicted octanol–water partition coefficient (Wildman–Crippen LogP) is 4.37. The summed E-state index contributed by atoms with van der Waals surface area (Å²) in [5.41, 5.74) is 8.64. The lowest BCUT2D eigenvalue weighted by Crippen LogP contribution is -2.21. The van der Waals surface area contributed by atoms with Crippen molar-refractivity contribution in [2.24, 2.45) is 5.73 Å². The number of hydrogen-bond donors (Lipinski definition) is 1. The number of hydrogen-bond acceptors (Lipinski definition) is 2. The van der Waals surface area contributed by atoms with Gasteiger partial charge in [0.15, 0.2) is 0 Å². The Hall–Kier alpha value is -0.860. The van der Waals surface area contributed by atoms with E-state index in [1.165, 1.54) is 36.8 Å². The topological polar surface area (TPSA) is 35.2 Å². The highest BCUT2D eigenvalue weighted by Gasteiger charge is 2.10. The van der Waals surface area contributed by atoms with E-state index < -0.39 is 0 Å². The van der Waals surface area contributed by atoms with Crippen LogP contribution in [-0.4, -0.2) is 12.7 Å². The summed E-state index contributed by atoms with van der Waals surface area (Å²) in [7, 11) is 0. The zero-order valence-corrected chi connectivity index (χ0v) is 12.7. The molecule has 0 saturated heterocycles. The van der Waals surface area contributed by atoms with Crippen LogP contribution in [0.15, 0.2) is 24.3 Å². The average Bonchev–Trinajstić information content (AvgIpc) is 2.41. The first-order valence-corrected chi connectivity index (χ1v) is 7.57. The second-order valence-electron chi connectivity index (χ2n) is 5.46. The Balaban J connectivity index is 2.26. The van der Waals surface area contributed by atoms with Crippen LogP contribution in [0.5, 0.6) is 0 Å². The number of nitrogens with two attached hydrogens (primary N) is 1. The Morgan fingerprint density at radius 1 is 1.16 bits per heavy atom. The Bertz CT molecular complexity index is 351. The fourth-order valence-corrected chi connectivity index (χ4v) is 2.30. The van der Waals surface area contributed by atoms with Gasteiger partial charge < -0.3 is 10.5 Å². The van der Waals surface area contributed by atoms with Crippen molar-refractivity contribution < 1.29 is 4.74 Å². The molecule has 0 radical (unpaired) electrons. The Labute approximate surface area is 118 Å². The van der Waals surface area contributed by atoms with Crippen molar-refractivity contribution in [2.75, 3.05) is 6.61 Å². The summed E-state index contributed by atoms with van der Waals surface area (Å²) in [6, 6.07) is 8.26. The van der Waals surface area contributed by atoms with Gasteiger partial charge in [-0.3, -0.25) is 0 Å². The van der Waals surface area contributed by atoms with Gasteiger partial charge in [-0.2, -0.15) is 0 Å². The van der Waals surface area contributed by atoms with Crippen molar-refractivity contribution in [3.8, 4) is 0 Å². The van der Waals surface area contributed by atoms with E-state index in [4.69, 9.17) is 10.5 Å². The summed E-state index contributed by atoms with van der Waals surface area (Å²) in [5, 5.41) is 0. The molecule has 0 saturated carbocycles. The molecular weight excluding hydrogens is 234 g/mol. The third-order valence-electron chi connectivity index (χ3n) is 3.61. The molecule has 1 rings (SSSR count). The summed E-state index contributed by atoms with van der Waals surface area (Å²) in [4.78, 5) is 0. The maximum Gasteiger partial charge on any atom is 0.0663 e. The van der Waals surface area contributed by atoms with Gasteiger partial charge in [-0.25, -0.2) is 0 Å². The van der Waals surface area contributed by atoms with Crippen molar-refractivity contribution in [3.05, 3.63) is 35.4 Å². The van der Waals surface area contributed by atoms with Crippen LogP contribution in [0, 0.1) is 6.92 Å². The molecule has 0 spiro atoms. The summed E-state index contributed by atoms with van der Waals surface area (Å²) >= 11 is 0. The van der Waals surface area contributed by atoms with Crippen molar-refractivity contribution >= 4 is 0 Å². The van der Waals surface area contributed by atoms with E-state index in [-0.39, 0.29) is 6.04 Å². The van der Waals surface area contributed by atoms with Crippen LogP contribution in [-0.2, 0) is 4.74 Å². The highest BCUT2D eigenvalue weighted by Crippen LogP contribution is 2.17. The van der Waals surface area contributed by atoms with Gasteiger partial charge in [0.25, 0.3) is 0 Å². The summed E-state index contributed by atoms with van der Waals surface area (Å²) in [6.45, 7) is 7.10. The van der Waals surface area contributed by atoms with Crippen molar-refractivity contribution in [3.63, 3.8) is 0 Å². The monoisotopic (exact) mass is 263 g/mol. The summed E-state index contributed by atoms with van der Waals surface area (Å²) in [5.74, 6) is 0. The zero-order valence-electron chi connectivity index (χ0n) is 12.7. The Morgan fingerprint density at radius 2 is 1.89 bits per heavy atom. The minimum Gasteiger partial charge on any atom is -0.377 e. The maximum absolute atomic E-state index is 6.20. The Morgan fingerprint density at radius 3 is 2.58 bits per heavy atom. The van der Waals surface area contributed by atoms with Crippen molar-refractivity contribution in [2.45, 2.75) is 65.0 Å². The van der Waals surface area contributed by atoms with E-state index in [1.54, 1.807) is 0 Å². The van der Waals surface area contributed by atoms with Gasteiger partial charge in [-0.15, -0.1) is 0 Å². The largest absolute Gasteiger partial charge is 0.377 e. The molecule has 108 valence electrons. The number of ether oxygens (including phenoxy) is 1. The van der Waals surface area contributed by atoms with Gasteiger partial charge in [0.2, 0.25) is 0 Å². The minimum absolute atomic E-state index is 0.0145. The summed E-state index contributed by atoms with van der Waals surface area (Å²) in [6.07, 6.45) is 6.64. The van der Waals surface area contributed by atoms with Crippen LogP contribution in [0.25, 0.3) is 0 Å². The minimum atomic E-state index is -0.0145. The molecule has 0 bridgehead atoms. The molecule has 0 aliphatic heterocycles. The van der Waals surface area contributed by atoms with E-state index in [9.17, 15) is 0 Å². The molecule has 2 heteroatoms. The first kappa shape index (κ1) is 16.2. The van der Waals surface area contributed by atoms with Crippen LogP contribution in [0.2, 0.25) is 0 Å². The van der Waals surface area contributed by atoms with Crippen LogP contribution < -0.4 is 5.73 Å². The molecule has 19 heavy (non-hydrogen) atoms. The molecule has 2 unspecified atom stereocenters. The predicted molar refractivity (Wildman–Crippen MR) is 82.3 cm³/mol. The fraction of sp³-hybridized carbons (Fsp3) is 0.647. The number of aryl methyl sites for hydroxylation is 1. The van der Waals surface area contributed by atoms with E-state index >= 15 is 0 Å². The van der Waals surface area contributed by atoms with Gasteiger partial charge in [-0.05, 0) is 31.4 Å². The standard InChI is InChI=1S/C17H29NO/c1-4-5-6-7-11-15(3)19-13-17(18)16-12-9-8-10-14(16)2/h8-10,12,15,17H,4-7,11,13,18H2,1-3H3. The van der Waals surface area contributed by atoms with E-state index in [1.807, 2.05) is 12.1 Å². The first-order chi connectivity index (χ1) is 9.15. The molecule has 1 aromatic carbocycles. The van der Waals surface area contributed by atoms with E-state index in [2.05, 4.69) is 32.9 Å². The molecule has 0 heterocycles. The molecule has 0 fully saturated rings. The molecule has 1 aromatic rings. The molecule has 0 aliphatic carbocycles. The molecular formula is C17H29NO. The number of benzene rings is 1. The van der Waals surface area contributed by atoms with Crippen molar-refractivity contribution in [1.29, 1.82) is 0 Å². The first-order valence-electron chi connectivity index (χ1n) is 7.57. The maximum atomic E-state index is 6.20. The lowest BCUT2D eigenvalue weighted by molar-refractivity contribution is 0.0490. The fourth-order valence-electron chi connectivity index (χ4n) is 2.30. The molecule has 0 amide bonds. The lowest BCUT2D eigenvalue weighted by atomic mass is 10.0. The van der Waals surface area contributed by atoms with E-state index in [0.29, 0.717) is 12.7 Å². The second kappa shape index (κ2) is 9.11. The third kappa shape index (κ3) is 6.22. The molecule has 2 N–H and O–H groups in total. The highest BCUT2D eigenvalue weighted by atomic mass is 16.5. The smallest absolute Gasteiger partial charge is 0.0663 e. The van der Waals surface area contributed by atoms with Gasteiger partial charge in [-0.1, -0.05) is 56.9 Å². The van der Waals surface area contributed by atoms with Crippen molar-refractivity contribution in [1.82, 2.24) is 0 Å². The quantitative estimate of drug-likeness (QED) is 0.671. The molecule has 0 aromatic heterocycles. The second-order valence-corrected chi connectivity index (χ2v) is 5.46. The molecule has 2 nitrogen and oxygen atoms in total. The average molecular weight is 263 g/mol. The van der Waals surface area contributed by atoms with Crippen LogP contribution in [0.3, 0.4) is 0 Å². The van der Waals surface area contributed by atoms with Gasteiger partial charge in [0.1, 0.15) is 0 Å². The normalized spacial score (nSPS) is 14.3.